The highest BCUT2D eigenvalue weighted by Gasteiger charge is 2.16. The van der Waals surface area contributed by atoms with E-state index in [2.05, 4.69) is 9.71 Å². The lowest BCUT2D eigenvalue weighted by atomic mass is 10.2. The number of methoxy groups -OCH3 is 2. The Morgan fingerprint density at radius 1 is 1.07 bits per heavy atom. The SMILES string of the molecule is COc1ccc(-c2nc(C)c(CCNS(=O)(=O)c3ccc(F)cc3)s2)cc1OC. The molecule has 0 saturated carbocycles. The number of thiazole rings is 1. The van der Waals surface area contributed by atoms with E-state index in [1.165, 1.54) is 23.5 Å². The molecule has 1 aromatic heterocycles. The molecule has 6 nitrogen and oxygen atoms in total. The number of nitrogens with zero attached hydrogens (tertiary/aromatic N) is 1. The fourth-order valence-corrected chi connectivity index (χ4v) is 4.84. The van der Waals surface area contributed by atoms with E-state index in [0.29, 0.717) is 17.9 Å². The summed E-state index contributed by atoms with van der Waals surface area (Å²) in [6, 6.07) is 10.3. The van der Waals surface area contributed by atoms with Crippen LogP contribution in [0.4, 0.5) is 4.39 Å². The smallest absolute Gasteiger partial charge is 0.240 e. The number of hydrogen-bond acceptors (Lipinski definition) is 6. The molecule has 0 bridgehead atoms. The molecule has 0 unspecified atom stereocenters. The van der Waals surface area contributed by atoms with Crippen molar-refractivity contribution in [3.05, 3.63) is 58.9 Å². The Bertz CT molecular complexity index is 1100. The van der Waals surface area contributed by atoms with Crippen molar-refractivity contribution < 1.29 is 22.3 Å². The number of rotatable bonds is 8. The predicted octanol–water partition coefficient (Wildman–Crippen LogP) is 3.80. The summed E-state index contributed by atoms with van der Waals surface area (Å²) < 4.78 is 50.7. The Morgan fingerprint density at radius 2 is 1.76 bits per heavy atom. The van der Waals surface area contributed by atoms with Crippen molar-refractivity contribution >= 4 is 21.4 Å². The van der Waals surface area contributed by atoms with Gasteiger partial charge >= 0.3 is 0 Å². The van der Waals surface area contributed by atoms with Gasteiger partial charge < -0.3 is 9.47 Å². The first kappa shape index (κ1) is 21.2. The molecule has 0 radical (unpaired) electrons. The summed E-state index contributed by atoms with van der Waals surface area (Å²) in [7, 11) is -0.529. The molecule has 3 aromatic rings. The highest BCUT2D eigenvalue weighted by Crippen LogP contribution is 2.35. The molecule has 1 N–H and O–H groups in total. The quantitative estimate of drug-likeness (QED) is 0.581. The van der Waals surface area contributed by atoms with Gasteiger partial charge in [-0.1, -0.05) is 0 Å². The maximum atomic E-state index is 13.0. The number of benzene rings is 2. The molecule has 0 saturated heterocycles. The van der Waals surface area contributed by atoms with E-state index in [0.717, 1.165) is 33.3 Å². The van der Waals surface area contributed by atoms with E-state index in [9.17, 15) is 12.8 Å². The minimum atomic E-state index is -3.68. The standard InChI is InChI=1S/C20H21FN2O4S2/c1-13-19(10-11-22-29(24,25)16-7-5-15(21)6-8-16)28-20(23-13)14-4-9-17(26-2)18(12-14)27-3/h4-9,12,22H,10-11H2,1-3H3. The van der Waals surface area contributed by atoms with Crippen molar-refractivity contribution in [2.45, 2.75) is 18.2 Å². The van der Waals surface area contributed by atoms with Crippen LogP contribution in [-0.2, 0) is 16.4 Å². The van der Waals surface area contributed by atoms with E-state index in [1.807, 2.05) is 25.1 Å². The number of sulfonamides is 1. The Labute approximate surface area is 173 Å². The van der Waals surface area contributed by atoms with Crippen molar-refractivity contribution in [2.24, 2.45) is 0 Å². The fraction of sp³-hybridized carbons (Fsp3) is 0.250. The van der Waals surface area contributed by atoms with E-state index in [4.69, 9.17) is 9.47 Å². The van der Waals surface area contributed by atoms with Crippen LogP contribution in [0.25, 0.3) is 10.6 Å². The van der Waals surface area contributed by atoms with Gasteiger partial charge in [-0.05, 0) is 55.8 Å². The zero-order valence-corrected chi connectivity index (χ0v) is 17.9. The van der Waals surface area contributed by atoms with Gasteiger partial charge in [0.15, 0.2) is 11.5 Å². The largest absolute Gasteiger partial charge is 0.493 e. The minimum absolute atomic E-state index is 0.0333. The zero-order valence-electron chi connectivity index (χ0n) is 16.2. The number of halogens is 1. The number of aromatic nitrogens is 1. The van der Waals surface area contributed by atoms with Gasteiger partial charge in [-0.15, -0.1) is 11.3 Å². The number of nitrogens with one attached hydrogen (secondary N) is 1. The summed E-state index contributed by atoms with van der Waals surface area (Å²) >= 11 is 1.50. The molecule has 0 aliphatic rings. The van der Waals surface area contributed by atoms with E-state index < -0.39 is 15.8 Å². The summed E-state index contributed by atoms with van der Waals surface area (Å²) in [4.78, 5) is 5.61. The van der Waals surface area contributed by atoms with Gasteiger partial charge in [0.2, 0.25) is 10.0 Å². The third-order valence-corrected chi connectivity index (χ3v) is 7.03. The molecule has 154 valence electrons. The van der Waals surface area contributed by atoms with E-state index in [-0.39, 0.29) is 11.4 Å². The summed E-state index contributed by atoms with van der Waals surface area (Å²) in [5.74, 6) is 0.776. The first-order valence-electron chi connectivity index (χ1n) is 8.78. The molecule has 0 atom stereocenters. The van der Waals surface area contributed by atoms with Crippen molar-refractivity contribution in [3.8, 4) is 22.1 Å². The summed E-state index contributed by atoms with van der Waals surface area (Å²) in [6.07, 6.45) is 0.497. The Balaban J connectivity index is 1.70. The maximum absolute atomic E-state index is 13.0. The molecule has 1 heterocycles. The van der Waals surface area contributed by atoms with Crippen LogP contribution in [0, 0.1) is 12.7 Å². The lowest BCUT2D eigenvalue weighted by Gasteiger charge is -2.08. The van der Waals surface area contributed by atoms with Crippen LogP contribution in [0.1, 0.15) is 10.6 Å². The number of ether oxygens (including phenoxy) is 2. The summed E-state index contributed by atoms with van der Waals surface area (Å²) in [6.45, 7) is 2.11. The van der Waals surface area contributed by atoms with Crippen LogP contribution in [0.15, 0.2) is 47.4 Å². The van der Waals surface area contributed by atoms with E-state index >= 15 is 0 Å². The van der Waals surface area contributed by atoms with Crippen molar-refractivity contribution in [3.63, 3.8) is 0 Å². The summed E-state index contributed by atoms with van der Waals surface area (Å²) in [5.41, 5.74) is 1.75. The lowest BCUT2D eigenvalue weighted by molar-refractivity contribution is 0.355. The van der Waals surface area contributed by atoms with Gasteiger partial charge in [-0.2, -0.15) is 0 Å². The molecule has 9 heteroatoms. The molecule has 0 aliphatic carbocycles. The molecule has 0 aliphatic heterocycles. The Hall–Kier alpha value is -2.49. The van der Waals surface area contributed by atoms with Gasteiger partial charge in [-0.25, -0.2) is 22.5 Å². The van der Waals surface area contributed by atoms with Crippen LogP contribution in [0.3, 0.4) is 0 Å². The molecule has 0 spiro atoms. The van der Waals surface area contributed by atoms with Gasteiger partial charge in [0.1, 0.15) is 10.8 Å². The van der Waals surface area contributed by atoms with Gasteiger partial charge in [0, 0.05) is 17.0 Å². The molecular weight excluding hydrogens is 415 g/mol. The Kier molecular flexibility index (Phi) is 6.51. The number of hydrogen-bond donors (Lipinski definition) is 1. The van der Waals surface area contributed by atoms with Crippen molar-refractivity contribution in [1.29, 1.82) is 0 Å². The minimum Gasteiger partial charge on any atom is -0.493 e. The van der Waals surface area contributed by atoms with Crippen LogP contribution < -0.4 is 14.2 Å². The first-order valence-corrected chi connectivity index (χ1v) is 11.1. The second-order valence-electron chi connectivity index (χ2n) is 6.20. The molecule has 2 aromatic carbocycles. The molecular formula is C20H21FN2O4S2. The van der Waals surface area contributed by atoms with E-state index in [1.54, 1.807) is 14.2 Å². The first-order chi connectivity index (χ1) is 13.8. The highest BCUT2D eigenvalue weighted by atomic mass is 32.2. The lowest BCUT2D eigenvalue weighted by Crippen LogP contribution is -2.25. The molecule has 3 rings (SSSR count). The summed E-state index contributed by atoms with van der Waals surface area (Å²) in [5, 5.41) is 0.819. The second-order valence-corrected chi connectivity index (χ2v) is 9.05. The van der Waals surface area contributed by atoms with Crippen molar-refractivity contribution in [2.75, 3.05) is 20.8 Å². The van der Waals surface area contributed by atoms with Gasteiger partial charge in [0.25, 0.3) is 0 Å². The monoisotopic (exact) mass is 436 g/mol. The van der Waals surface area contributed by atoms with Crippen LogP contribution in [0.2, 0.25) is 0 Å². The fourth-order valence-electron chi connectivity index (χ4n) is 2.75. The number of aryl methyl sites for hydroxylation is 1. The highest BCUT2D eigenvalue weighted by molar-refractivity contribution is 7.89. The third kappa shape index (κ3) is 4.92. The maximum Gasteiger partial charge on any atom is 0.240 e. The topological polar surface area (TPSA) is 77.5 Å². The van der Waals surface area contributed by atoms with Crippen LogP contribution in [0.5, 0.6) is 11.5 Å². The second kappa shape index (κ2) is 8.89. The zero-order chi connectivity index (χ0) is 21.0. The predicted molar refractivity (Wildman–Crippen MR) is 111 cm³/mol. The van der Waals surface area contributed by atoms with Gasteiger partial charge in [0.05, 0.1) is 24.8 Å². The third-order valence-electron chi connectivity index (χ3n) is 4.29. The Morgan fingerprint density at radius 3 is 2.41 bits per heavy atom. The molecule has 29 heavy (non-hydrogen) atoms. The molecule has 0 fully saturated rings. The average Bonchev–Trinajstić information content (AvgIpc) is 3.08. The van der Waals surface area contributed by atoms with Gasteiger partial charge in [-0.3, -0.25) is 0 Å². The van der Waals surface area contributed by atoms with Crippen LogP contribution >= 0.6 is 11.3 Å². The van der Waals surface area contributed by atoms with Crippen LogP contribution in [-0.4, -0.2) is 34.2 Å². The van der Waals surface area contributed by atoms with Crippen molar-refractivity contribution in [1.82, 2.24) is 9.71 Å². The average molecular weight is 437 g/mol. The normalized spacial score (nSPS) is 11.4. The molecule has 0 amide bonds.